The third kappa shape index (κ3) is 5.16. The molecule has 0 spiro atoms. The Hall–Kier alpha value is -3.52. The first kappa shape index (κ1) is 20.7. The topological polar surface area (TPSA) is 107 Å². The van der Waals surface area contributed by atoms with Crippen LogP contribution in [0.1, 0.15) is 35.3 Å². The summed E-state index contributed by atoms with van der Waals surface area (Å²) >= 11 is 0. The Labute approximate surface area is 179 Å². The molecule has 0 atom stereocenters. The molecule has 0 bridgehead atoms. The Bertz CT molecular complexity index is 1080. The summed E-state index contributed by atoms with van der Waals surface area (Å²) in [6.45, 7) is 2.72. The number of amides is 1. The molecule has 2 heterocycles. The van der Waals surface area contributed by atoms with E-state index in [2.05, 4.69) is 14.9 Å². The number of nitrogens with two attached hydrogens (primary N) is 2. The lowest BCUT2D eigenvalue weighted by molar-refractivity contribution is 0.0995. The van der Waals surface area contributed by atoms with Gasteiger partial charge >= 0.3 is 0 Å². The van der Waals surface area contributed by atoms with Crippen LogP contribution in [0, 0.1) is 5.82 Å². The number of carbonyl (C=O) groups is 1. The number of benzene rings is 2. The van der Waals surface area contributed by atoms with Gasteiger partial charge in [-0.1, -0.05) is 6.42 Å². The highest BCUT2D eigenvalue weighted by atomic mass is 19.1. The van der Waals surface area contributed by atoms with Gasteiger partial charge in [-0.3, -0.25) is 9.69 Å². The molecule has 3 aromatic rings. The van der Waals surface area contributed by atoms with Gasteiger partial charge in [-0.2, -0.15) is 0 Å². The summed E-state index contributed by atoms with van der Waals surface area (Å²) in [5.41, 5.74) is 12.9. The molecular formula is C23H24FN5O2. The van der Waals surface area contributed by atoms with Crippen molar-refractivity contribution in [1.29, 1.82) is 0 Å². The van der Waals surface area contributed by atoms with Gasteiger partial charge in [0.25, 0.3) is 5.91 Å². The Balaban J connectivity index is 1.70. The monoisotopic (exact) mass is 421 g/mol. The van der Waals surface area contributed by atoms with Crippen molar-refractivity contribution in [3.8, 4) is 22.9 Å². The fraction of sp³-hybridized carbons (Fsp3) is 0.261. The average Bonchev–Trinajstić information content (AvgIpc) is 2.76. The van der Waals surface area contributed by atoms with Crippen LogP contribution in [-0.2, 0) is 6.54 Å². The summed E-state index contributed by atoms with van der Waals surface area (Å²) in [6, 6.07) is 12.8. The van der Waals surface area contributed by atoms with Gasteiger partial charge in [0, 0.05) is 23.7 Å². The lowest BCUT2D eigenvalue weighted by Gasteiger charge is -2.27. The van der Waals surface area contributed by atoms with Gasteiger partial charge in [0.1, 0.15) is 28.8 Å². The summed E-state index contributed by atoms with van der Waals surface area (Å²) < 4.78 is 19.3. The predicted molar refractivity (Wildman–Crippen MR) is 116 cm³/mol. The van der Waals surface area contributed by atoms with Crippen LogP contribution in [0.15, 0.2) is 48.5 Å². The molecule has 0 aliphatic carbocycles. The van der Waals surface area contributed by atoms with Gasteiger partial charge in [0.2, 0.25) is 0 Å². The molecule has 4 rings (SSSR count). The van der Waals surface area contributed by atoms with E-state index < -0.39 is 5.91 Å². The normalized spacial score (nSPS) is 14.4. The smallest absolute Gasteiger partial charge is 0.267 e. The van der Waals surface area contributed by atoms with E-state index in [-0.39, 0.29) is 17.3 Å². The van der Waals surface area contributed by atoms with Crippen molar-refractivity contribution >= 4 is 11.7 Å². The molecule has 0 saturated carbocycles. The second-order valence-corrected chi connectivity index (χ2v) is 7.58. The predicted octanol–water partition coefficient (Wildman–Crippen LogP) is 3.74. The van der Waals surface area contributed by atoms with E-state index in [4.69, 9.17) is 16.2 Å². The minimum atomic E-state index is -0.667. The van der Waals surface area contributed by atoms with E-state index in [1.807, 2.05) is 12.1 Å². The van der Waals surface area contributed by atoms with Gasteiger partial charge in [0.05, 0.1) is 0 Å². The van der Waals surface area contributed by atoms with Crippen molar-refractivity contribution in [3.05, 3.63) is 65.6 Å². The molecule has 4 N–H and O–H groups in total. The Morgan fingerprint density at radius 1 is 1.03 bits per heavy atom. The molecule has 2 aromatic carbocycles. The lowest BCUT2D eigenvalue weighted by Crippen LogP contribution is -2.29. The Morgan fingerprint density at radius 2 is 1.77 bits per heavy atom. The van der Waals surface area contributed by atoms with E-state index in [1.165, 1.54) is 24.6 Å². The summed E-state index contributed by atoms with van der Waals surface area (Å²) in [4.78, 5) is 22.5. The molecule has 1 saturated heterocycles. The van der Waals surface area contributed by atoms with Crippen LogP contribution in [0.5, 0.6) is 11.5 Å². The van der Waals surface area contributed by atoms with Crippen LogP contribution in [0.3, 0.4) is 0 Å². The van der Waals surface area contributed by atoms with Gasteiger partial charge in [-0.15, -0.1) is 0 Å². The average molecular weight is 421 g/mol. The Morgan fingerprint density at radius 3 is 2.48 bits per heavy atom. The van der Waals surface area contributed by atoms with Crippen LogP contribution in [0.4, 0.5) is 10.2 Å². The molecule has 1 aromatic heterocycles. The Kier molecular flexibility index (Phi) is 6.08. The zero-order valence-electron chi connectivity index (χ0n) is 17.1. The van der Waals surface area contributed by atoms with Gasteiger partial charge in [0.15, 0.2) is 5.82 Å². The largest absolute Gasteiger partial charge is 0.457 e. The number of nitrogen functional groups attached to an aromatic ring is 1. The van der Waals surface area contributed by atoms with E-state index in [0.717, 1.165) is 31.5 Å². The maximum Gasteiger partial charge on any atom is 0.267 e. The number of hydrogen-bond donors (Lipinski definition) is 2. The van der Waals surface area contributed by atoms with E-state index in [9.17, 15) is 9.18 Å². The number of halogens is 1. The molecule has 160 valence electrons. The van der Waals surface area contributed by atoms with Crippen molar-refractivity contribution in [2.24, 2.45) is 5.73 Å². The second kappa shape index (κ2) is 9.09. The van der Waals surface area contributed by atoms with Crippen molar-refractivity contribution in [1.82, 2.24) is 14.9 Å². The molecule has 1 amide bonds. The summed E-state index contributed by atoms with van der Waals surface area (Å²) in [5.74, 6) is 0.718. The van der Waals surface area contributed by atoms with Crippen molar-refractivity contribution in [2.45, 2.75) is 25.8 Å². The highest BCUT2D eigenvalue weighted by molar-refractivity contribution is 5.91. The van der Waals surface area contributed by atoms with Crippen molar-refractivity contribution < 1.29 is 13.9 Å². The van der Waals surface area contributed by atoms with E-state index in [0.29, 0.717) is 29.4 Å². The van der Waals surface area contributed by atoms with Gasteiger partial charge in [-0.05, 0) is 68.4 Å². The molecule has 0 unspecified atom stereocenters. The number of rotatable bonds is 6. The summed E-state index contributed by atoms with van der Waals surface area (Å²) in [6.07, 6.45) is 3.56. The van der Waals surface area contributed by atoms with E-state index >= 15 is 0 Å². The molecule has 1 aliphatic heterocycles. The highest BCUT2D eigenvalue weighted by Gasteiger charge is 2.17. The van der Waals surface area contributed by atoms with Crippen LogP contribution >= 0.6 is 0 Å². The van der Waals surface area contributed by atoms with E-state index in [1.54, 1.807) is 18.2 Å². The molecule has 0 radical (unpaired) electrons. The minimum Gasteiger partial charge on any atom is -0.457 e. The van der Waals surface area contributed by atoms with Crippen LogP contribution in [-0.4, -0.2) is 33.9 Å². The number of nitrogens with zero attached hydrogens (tertiary/aromatic N) is 3. The SMILES string of the molecule is NC(=O)c1cc(N)nc(-c2ccc(Oc3ccc(F)cc3)c(CN3CCCCC3)c2)n1. The van der Waals surface area contributed by atoms with Gasteiger partial charge in [-0.25, -0.2) is 14.4 Å². The zero-order valence-corrected chi connectivity index (χ0v) is 17.1. The lowest BCUT2D eigenvalue weighted by atomic mass is 10.1. The molecule has 7 nitrogen and oxygen atoms in total. The molecule has 1 aliphatic rings. The van der Waals surface area contributed by atoms with Crippen LogP contribution in [0.2, 0.25) is 0 Å². The maximum atomic E-state index is 13.3. The maximum absolute atomic E-state index is 13.3. The third-order valence-corrected chi connectivity index (χ3v) is 5.20. The van der Waals surface area contributed by atoms with Crippen LogP contribution in [0.25, 0.3) is 11.4 Å². The number of likely N-dealkylation sites (tertiary alicyclic amines) is 1. The molecular weight excluding hydrogens is 397 g/mol. The number of anilines is 1. The second-order valence-electron chi connectivity index (χ2n) is 7.58. The first-order chi connectivity index (χ1) is 15.0. The zero-order chi connectivity index (χ0) is 21.8. The minimum absolute atomic E-state index is 0.0618. The summed E-state index contributed by atoms with van der Waals surface area (Å²) in [7, 11) is 0. The highest BCUT2D eigenvalue weighted by Crippen LogP contribution is 2.31. The van der Waals surface area contributed by atoms with Gasteiger partial charge < -0.3 is 16.2 Å². The number of carbonyl (C=O) groups excluding carboxylic acids is 1. The molecule has 31 heavy (non-hydrogen) atoms. The summed E-state index contributed by atoms with van der Waals surface area (Å²) in [5, 5.41) is 0. The molecule has 8 heteroatoms. The number of aromatic nitrogens is 2. The standard InChI is InChI=1S/C23H24FN5O2/c24-17-5-7-18(8-6-17)31-20-9-4-15(12-16(20)14-29-10-2-1-3-11-29)23-27-19(22(26)30)13-21(25)28-23/h4-9,12-13H,1-3,10-11,14H2,(H2,26,30)(H2,25,27,28). The number of piperidine rings is 1. The number of primary amides is 1. The van der Waals surface area contributed by atoms with Crippen LogP contribution < -0.4 is 16.2 Å². The van der Waals surface area contributed by atoms with Crippen molar-refractivity contribution in [2.75, 3.05) is 18.8 Å². The number of hydrogen-bond acceptors (Lipinski definition) is 6. The first-order valence-electron chi connectivity index (χ1n) is 10.2. The fourth-order valence-corrected chi connectivity index (χ4v) is 3.65. The fourth-order valence-electron chi connectivity index (χ4n) is 3.65. The first-order valence-corrected chi connectivity index (χ1v) is 10.2. The molecule has 1 fully saturated rings. The van der Waals surface area contributed by atoms with Crippen molar-refractivity contribution in [3.63, 3.8) is 0 Å². The number of ether oxygens (including phenoxy) is 1. The quantitative estimate of drug-likeness (QED) is 0.628. The third-order valence-electron chi connectivity index (χ3n) is 5.20.